The van der Waals surface area contributed by atoms with E-state index >= 15 is 0 Å². The minimum atomic E-state index is -0.187. The van der Waals surface area contributed by atoms with Crippen molar-refractivity contribution >= 4 is 22.8 Å². The van der Waals surface area contributed by atoms with Gasteiger partial charge in [0.2, 0.25) is 0 Å². The van der Waals surface area contributed by atoms with Crippen LogP contribution < -0.4 is 5.32 Å². The number of aromatic amines is 1. The van der Waals surface area contributed by atoms with Crippen LogP contribution in [-0.2, 0) is 26.4 Å². The highest BCUT2D eigenvalue weighted by Crippen LogP contribution is 2.23. The third kappa shape index (κ3) is 3.14. The molecule has 8 heteroatoms. The van der Waals surface area contributed by atoms with Gasteiger partial charge >= 0.3 is 6.03 Å². The van der Waals surface area contributed by atoms with Crippen LogP contribution in [0.25, 0.3) is 11.0 Å². The zero-order valence-corrected chi connectivity index (χ0v) is 15.1. The maximum atomic E-state index is 12.6. The number of aryl methyl sites for hydroxylation is 2. The predicted molar refractivity (Wildman–Crippen MR) is 98.8 cm³/mol. The molecular weight excluding hydrogens is 330 g/mol. The zero-order valence-electron chi connectivity index (χ0n) is 15.1. The number of aromatic nitrogens is 5. The number of hydrogen-bond donors (Lipinski definition) is 2. The maximum absolute atomic E-state index is 12.6. The normalized spacial score (nSPS) is 14.1. The Morgan fingerprint density at radius 2 is 2.12 bits per heavy atom. The predicted octanol–water partition coefficient (Wildman–Crippen LogP) is 2.62. The van der Waals surface area contributed by atoms with E-state index in [4.69, 9.17) is 0 Å². The molecule has 8 nitrogen and oxygen atoms in total. The molecule has 3 aromatic rings. The molecule has 0 unspecified atom stereocenters. The van der Waals surface area contributed by atoms with Gasteiger partial charge in [0.25, 0.3) is 0 Å². The molecule has 2 aromatic heterocycles. The van der Waals surface area contributed by atoms with Crippen molar-refractivity contribution in [3.63, 3.8) is 0 Å². The van der Waals surface area contributed by atoms with E-state index < -0.39 is 0 Å². The molecular formula is C18H23N7O. The molecule has 1 aliphatic carbocycles. The minimum absolute atomic E-state index is 0.187. The van der Waals surface area contributed by atoms with Crippen LogP contribution in [-0.4, -0.2) is 43.2 Å². The van der Waals surface area contributed by atoms with Gasteiger partial charge in [-0.15, -0.1) is 0 Å². The summed E-state index contributed by atoms with van der Waals surface area (Å²) in [6, 6.07) is 5.39. The van der Waals surface area contributed by atoms with Crippen molar-refractivity contribution in [3.05, 3.63) is 35.2 Å². The van der Waals surface area contributed by atoms with Gasteiger partial charge in [-0.25, -0.2) is 4.79 Å². The van der Waals surface area contributed by atoms with E-state index in [1.807, 2.05) is 18.2 Å². The van der Waals surface area contributed by atoms with Crippen LogP contribution in [0.3, 0.4) is 0 Å². The fraction of sp³-hybridized carbons (Fsp3) is 0.444. The summed E-state index contributed by atoms with van der Waals surface area (Å²) in [6.07, 6.45) is 5.72. The Morgan fingerprint density at radius 1 is 1.27 bits per heavy atom. The molecule has 0 saturated carbocycles. The molecule has 0 saturated heterocycles. The zero-order chi connectivity index (χ0) is 18.1. The van der Waals surface area contributed by atoms with Crippen LogP contribution in [0.2, 0.25) is 0 Å². The summed E-state index contributed by atoms with van der Waals surface area (Å²) >= 11 is 0. The number of rotatable bonds is 3. The Balaban J connectivity index is 1.49. The number of H-pyrrole nitrogens is 1. The quantitative estimate of drug-likeness (QED) is 0.708. The Hall–Kier alpha value is -2.90. The van der Waals surface area contributed by atoms with E-state index in [1.54, 1.807) is 19.0 Å². The number of carbonyl (C=O) groups excluding carboxylic acids is 1. The van der Waals surface area contributed by atoms with Gasteiger partial charge in [0.1, 0.15) is 11.0 Å². The molecule has 4 rings (SSSR count). The lowest BCUT2D eigenvalue weighted by Gasteiger charge is -2.17. The van der Waals surface area contributed by atoms with Crippen molar-refractivity contribution in [3.8, 4) is 0 Å². The molecule has 0 bridgehead atoms. The molecule has 2 amide bonds. The van der Waals surface area contributed by atoms with Crippen LogP contribution in [0, 0.1) is 0 Å². The first-order valence-corrected chi connectivity index (χ1v) is 8.99. The molecule has 26 heavy (non-hydrogen) atoms. The van der Waals surface area contributed by atoms with Gasteiger partial charge in [0, 0.05) is 19.8 Å². The standard InChI is InChI=1S/C18H23N7O/c1-24(11-16-12-7-4-3-5-8-13(12)20-21-16)18(26)19-14-9-6-10-15-17(14)23-25(2)22-15/h6,9-10H,3-5,7-8,11H2,1-2H3,(H,19,26)(H,20,21). The first-order valence-electron chi connectivity index (χ1n) is 8.99. The summed E-state index contributed by atoms with van der Waals surface area (Å²) in [5, 5.41) is 19.1. The maximum Gasteiger partial charge on any atom is 0.322 e. The first-order chi connectivity index (χ1) is 12.6. The van der Waals surface area contributed by atoms with E-state index in [9.17, 15) is 4.79 Å². The molecule has 1 aromatic carbocycles. The third-order valence-electron chi connectivity index (χ3n) is 4.88. The van der Waals surface area contributed by atoms with Gasteiger partial charge in [0.15, 0.2) is 0 Å². The third-order valence-corrected chi connectivity index (χ3v) is 4.88. The van der Waals surface area contributed by atoms with Gasteiger partial charge in [-0.3, -0.25) is 5.10 Å². The molecule has 136 valence electrons. The van der Waals surface area contributed by atoms with Crippen LogP contribution in [0.1, 0.15) is 36.2 Å². The van der Waals surface area contributed by atoms with Crippen molar-refractivity contribution in [2.75, 3.05) is 12.4 Å². The van der Waals surface area contributed by atoms with E-state index in [2.05, 4.69) is 25.7 Å². The van der Waals surface area contributed by atoms with E-state index in [1.165, 1.54) is 35.3 Å². The van der Waals surface area contributed by atoms with E-state index in [0.717, 1.165) is 24.1 Å². The SMILES string of the molecule is CN(Cc1n[nH]c2c1CCCCC2)C(=O)Nc1cccc2nn(C)nc12. The summed E-state index contributed by atoms with van der Waals surface area (Å²) in [6.45, 7) is 0.480. The lowest BCUT2D eigenvalue weighted by Crippen LogP contribution is -2.31. The van der Waals surface area contributed by atoms with Crippen molar-refractivity contribution in [2.24, 2.45) is 7.05 Å². The number of benzene rings is 1. The lowest BCUT2D eigenvalue weighted by molar-refractivity contribution is 0.220. The fourth-order valence-electron chi connectivity index (χ4n) is 3.51. The molecule has 2 N–H and O–H groups in total. The second kappa shape index (κ2) is 6.78. The van der Waals surface area contributed by atoms with Crippen LogP contribution in [0.15, 0.2) is 18.2 Å². The average molecular weight is 353 g/mol. The number of nitrogens with zero attached hydrogens (tertiary/aromatic N) is 5. The lowest BCUT2D eigenvalue weighted by atomic mass is 10.1. The summed E-state index contributed by atoms with van der Waals surface area (Å²) in [5.74, 6) is 0. The Kier molecular flexibility index (Phi) is 4.32. The van der Waals surface area contributed by atoms with Gasteiger partial charge in [-0.1, -0.05) is 12.5 Å². The summed E-state index contributed by atoms with van der Waals surface area (Å²) < 4.78 is 0. The van der Waals surface area contributed by atoms with Gasteiger partial charge in [-0.05, 0) is 43.4 Å². The smallest absolute Gasteiger partial charge is 0.322 e. The molecule has 0 fully saturated rings. The minimum Gasteiger partial charge on any atom is -0.322 e. The number of fused-ring (bicyclic) bond motifs is 2. The number of hydrogen-bond acceptors (Lipinski definition) is 4. The second-order valence-corrected chi connectivity index (χ2v) is 6.84. The number of carbonyl (C=O) groups is 1. The molecule has 0 spiro atoms. The Morgan fingerprint density at radius 3 is 3.00 bits per heavy atom. The first kappa shape index (κ1) is 16.6. The second-order valence-electron chi connectivity index (χ2n) is 6.84. The number of nitrogens with one attached hydrogen (secondary N) is 2. The fourth-order valence-corrected chi connectivity index (χ4v) is 3.51. The Labute approximate surface area is 151 Å². The summed E-state index contributed by atoms with van der Waals surface area (Å²) in [7, 11) is 3.55. The number of urea groups is 1. The molecule has 2 heterocycles. The molecule has 0 atom stereocenters. The summed E-state index contributed by atoms with van der Waals surface area (Å²) in [5.41, 5.74) is 5.59. The van der Waals surface area contributed by atoms with Crippen LogP contribution >= 0.6 is 0 Å². The van der Waals surface area contributed by atoms with Crippen molar-refractivity contribution in [1.82, 2.24) is 30.1 Å². The largest absolute Gasteiger partial charge is 0.322 e. The van der Waals surface area contributed by atoms with Crippen molar-refractivity contribution in [2.45, 2.75) is 38.6 Å². The Bertz CT molecular complexity index is 942. The average Bonchev–Trinajstić information content (AvgIpc) is 3.09. The highest BCUT2D eigenvalue weighted by Gasteiger charge is 2.19. The monoisotopic (exact) mass is 353 g/mol. The van der Waals surface area contributed by atoms with Gasteiger partial charge in [-0.2, -0.15) is 20.1 Å². The van der Waals surface area contributed by atoms with Crippen molar-refractivity contribution in [1.29, 1.82) is 0 Å². The highest BCUT2D eigenvalue weighted by molar-refractivity contribution is 5.98. The van der Waals surface area contributed by atoms with Crippen LogP contribution in [0.5, 0.6) is 0 Å². The molecule has 1 aliphatic rings. The number of amides is 2. The van der Waals surface area contributed by atoms with Gasteiger partial charge < -0.3 is 10.2 Å². The molecule has 0 aliphatic heterocycles. The summed E-state index contributed by atoms with van der Waals surface area (Å²) in [4.78, 5) is 15.8. The number of anilines is 1. The van der Waals surface area contributed by atoms with Crippen molar-refractivity contribution < 1.29 is 4.79 Å². The highest BCUT2D eigenvalue weighted by atomic mass is 16.2. The topological polar surface area (TPSA) is 91.7 Å². The van der Waals surface area contributed by atoms with E-state index in [0.29, 0.717) is 17.7 Å². The van der Waals surface area contributed by atoms with Gasteiger partial charge in [0.05, 0.1) is 17.9 Å². The molecule has 0 radical (unpaired) electrons. The van der Waals surface area contributed by atoms with E-state index in [-0.39, 0.29) is 6.03 Å². The van der Waals surface area contributed by atoms with Crippen LogP contribution in [0.4, 0.5) is 10.5 Å².